The fraction of sp³-hybridized carbons (Fsp3) is 0.636. The predicted octanol–water partition coefficient (Wildman–Crippen LogP) is 0.778. The molecule has 1 aromatic heterocycles. The Balaban J connectivity index is 2.33. The lowest BCUT2D eigenvalue weighted by Crippen LogP contribution is -2.39. The van der Waals surface area contributed by atoms with Crippen molar-refractivity contribution in [1.29, 1.82) is 0 Å². The highest BCUT2D eigenvalue weighted by molar-refractivity contribution is 5.59. The molecule has 1 aliphatic heterocycles. The Bertz CT molecular complexity index is 468. The van der Waals surface area contributed by atoms with Crippen molar-refractivity contribution in [2.75, 3.05) is 29.9 Å². The molecular weight excluding hydrogens is 250 g/mol. The first-order valence-electron chi connectivity index (χ1n) is 6.30. The second kappa shape index (κ2) is 5.79. The van der Waals surface area contributed by atoms with E-state index in [9.17, 15) is 15.2 Å². The number of hydrogen-bond donors (Lipinski definition) is 2. The van der Waals surface area contributed by atoms with Crippen molar-refractivity contribution in [3.05, 3.63) is 16.3 Å². The van der Waals surface area contributed by atoms with Crippen LogP contribution >= 0.6 is 0 Å². The smallest absolute Gasteiger partial charge is 0.329 e. The van der Waals surface area contributed by atoms with Gasteiger partial charge in [0.15, 0.2) is 0 Å². The van der Waals surface area contributed by atoms with Crippen LogP contribution in [0.5, 0.6) is 0 Å². The molecule has 0 bridgehead atoms. The molecule has 0 spiro atoms. The second-order valence-electron chi connectivity index (χ2n) is 4.43. The number of nitrogens with zero attached hydrogens (tertiary/aromatic N) is 4. The minimum atomic E-state index is -0.494. The molecule has 104 valence electrons. The molecule has 0 saturated carbocycles. The van der Waals surface area contributed by atoms with Crippen molar-refractivity contribution >= 4 is 17.5 Å². The highest BCUT2D eigenvalue weighted by atomic mass is 16.6. The van der Waals surface area contributed by atoms with Crippen LogP contribution in [0.4, 0.5) is 17.5 Å². The maximum absolute atomic E-state index is 11.0. The normalized spacial score (nSPS) is 19.3. The van der Waals surface area contributed by atoms with Gasteiger partial charge in [-0.2, -0.15) is 4.98 Å². The van der Waals surface area contributed by atoms with Crippen molar-refractivity contribution in [3.63, 3.8) is 0 Å². The number of anilines is 2. The number of hydrogen-bond acceptors (Lipinski definition) is 7. The van der Waals surface area contributed by atoms with Crippen LogP contribution in [0, 0.1) is 10.1 Å². The third-order valence-corrected chi connectivity index (χ3v) is 2.98. The monoisotopic (exact) mass is 267 g/mol. The van der Waals surface area contributed by atoms with Crippen LogP contribution in [-0.4, -0.2) is 45.7 Å². The summed E-state index contributed by atoms with van der Waals surface area (Å²) in [5, 5.41) is 23.6. The minimum Gasteiger partial charge on any atom is -0.391 e. The van der Waals surface area contributed by atoms with E-state index in [2.05, 4.69) is 15.3 Å². The molecule has 2 rings (SSSR count). The Morgan fingerprint density at radius 1 is 1.68 bits per heavy atom. The van der Waals surface area contributed by atoms with Crippen molar-refractivity contribution in [2.45, 2.75) is 25.9 Å². The van der Waals surface area contributed by atoms with E-state index in [1.807, 2.05) is 6.92 Å². The van der Waals surface area contributed by atoms with Gasteiger partial charge in [0.25, 0.3) is 0 Å². The Kier molecular flexibility index (Phi) is 4.10. The van der Waals surface area contributed by atoms with Crippen LogP contribution in [0.1, 0.15) is 19.8 Å². The molecule has 1 atom stereocenters. The number of nitrogens with one attached hydrogen (secondary N) is 1. The molecule has 0 aliphatic carbocycles. The van der Waals surface area contributed by atoms with E-state index in [1.54, 1.807) is 4.90 Å². The molecule has 2 N–H and O–H groups in total. The van der Waals surface area contributed by atoms with Crippen LogP contribution in [0.25, 0.3) is 0 Å². The number of aliphatic hydroxyl groups excluding tert-OH is 1. The van der Waals surface area contributed by atoms with E-state index in [-0.39, 0.29) is 11.5 Å². The number of aliphatic hydroxyl groups is 1. The number of rotatable bonds is 4. The molecule has 1 aliphatic rings. The van der Waals surface area contributed by atoms with Gasteiger partial charge in [0.05, 0.1) is 11.0 Å². The summed E-state index contributed by atoms with van der Waals surface area (Å²) < 4.78 is 0. The molecule has 0 radical (unpaired) electrons. The van der Waals surface area contributed by atoms with Gasteiger partial charge in [0.2, 0.25) is 11.8 Å². The number of aromatic nitrogens is 2. The average molecular weight is 267 g/mol. The SMILES string of the molecule is CCNc1ncc([N+](=O)[O-])c(N2CCCC(O)C2)n1. The van der Waals surface area contributed by atoms with Gasteiger partial charge in [-0.1, -0.05) is 0 Å². The van der Waals surface area contributed by atoms with Gasteiger partial charge >= 0.3 is 5.69 Å². The molecule has 0 aromatic carbocycles. The summed E-state index contributed by atoms with van der Waals surface area (Å²) in [5.74, 6) is 0.637. The summed E-state index contributed by atoms with van der Waals surface area (Å²) in [4.78, 5) is 20.4. The van der Waals surface area contributed by atoms with Crippen LogP contribution in [0.15, 0.2) is 6.20 Å². The minimum absolute atomic E-state index is 0.129. The fourth-order valence-corrected chi connectivity index (χ4v) is 2.12. The number of nitro groups is 1. The number of β-amino-alcohol motifs (C(OH)–C–C–N with tert-alkyl or cyclic N) is 1. The average Bonchev–Trinajstić information content (AvgIpc) is 2.39. The molecule has 1 unspecified atom stereocenters. The van der Waals surface area contributed by atoms with Crippen LogP contribution in [0.2, 0.25) is 0 Å². The zero-order valence-electron chi connectivity index (χ0n) is 10.7. The molecular formula is C11H17N5O3. The van der Waals surface area contributed by atoms with Crippen LogP contribution in [0.3, 0.4) is 0 Å². The van der Waals surface area contributed by atoms with Gasteiger partial charge in [0, 0.05) is 19.6 Å². The Hall–Kier alpha value is -1.96. The first-order chi connectivity index (χ1) is 9.11. The van der Waals surface area contributed by atoms with E-state index in [4.69, 9.17) is 0 Å². The third-order valence-electron chi connectivity index (χ3n) is 2.98. The molecule has 8 heteroatoms. The molecule has 1 saturated heterocycles. The highest BCUT2D eigenvalue weighted by Crippen LogP contribution is 2.28. The zero-order chi connectivity index (χ0) is 13.8. The lowest BCUT2D eigenvalue weighted by atomic mass is 10.1. The maximum atomic E-state index is 11.0. The highest BCUT2D eigenvalue weighted by Gasteiger charge is 2.26. The largest absolute Gasteiger partial charge is 0.391 e. The third kappa shape index (κ3) is 3.08. The first kappa shape index (κ1) is 13.5. The van der Waals surface area contributed by atoms with Crippen molar-refractivity contribution in [2.24, 2.45) is 0 Å². The lowest BCUT2D eigenvalue weighted by Gasteiger charge is -2.30. The van der Waals surface area contributed by atoms with Gasteiger partial charge in [-0.3, -0.25) is 10.1 Å². The first-order valence-corrected chi connectivity index (χ1v) is 6.30. The standard InChI is InChI=1S/C11H17N5O3/c1-2-12-11-13-6-9(16(18)19)10(14-11)15-5-3-4-8(17)7-15/h6,8,17H,2-5,7H2,1H3,(H,12,13,14). The van der Waals surface area contributed by atoms with E-state index < -0.39 is 11.0 Å². The fourth-order valence-electron chi connectivity index (χ4n) is 2.12. The molecule has 19 heavy (non-hydrogen) atoms. The van der Waals surface area contributed by atoms with Gasteiger partial charge in [-0.05, 0) is 19.8 Å². The van der Waals surface area contributed by atoms with Crippen LogP contribution in [-0.2, 0) is 0 Å². The van der Waals surface area contributed by atoms with Crippen LogP contribution < -0.4 is 10.2 Å². The topological polar surface area (TPSA) is 104 Å². The molecule has 1 fully saturated rings. The van der Waals surface area contributed by atoms with E-state index in [1.165, 1.54) is 6.20 Å². The summed E-state index contributed by atoms with van der Waals surface area (Å²) in [6, 6.07) is 0. The molecule has 0 amide bonds. The van der Waals surface area contributed by atoms with Crippen molar-refractivity contribution in [3.8, 4) is 0 Å². The zero-order valence-corrected chi connectivity index (χ0v) is 10.7. The summed E-state index contributed by atoms with van der Waals surface area (Å²) in [5.41, 5.74) is -0.129. The second-order valence-corrected chi connectivity index (χ2v) is 4.43. The Morgan fingerprint density at radius 3 is 3.11 bits per heavy atom. The van der Waals surface area contributed by atoms with Gasteiger partial charge < -0.3 is 15.3 Å². The lowest BCUT2D eigenvalue weighted by molar-refractivity contribution is -0.384. The summed E-state index contributed by atoms with van der Waals surface area (Å²) in [7, 11) is 0. The van der Waals surface area contributed by atoms with Crippen molar-refractivity contribution in [1.82, 2.24) is 9.97 Å². The van der Waals surface area contributed by atoms with E-state index in [0.29, 0.717) is 25.6 Å². The van der Waals surface area contributed by atoms with Crippen molar-refractivity contribution < 1.29 is 10.0 Å². The van der Waals surface area contributed by atoms with Gasteiger partial charge in [-0.15, -0.1) is 0 Å². The number of piperidine rings is 1. The molecule has 8 nitrogen and oxygen atoms in total. The predicted molar refractivity (Wildman–Crippen MR) is 70.3 cm³/mol. The van der Waals surface area contributed by atoms with E-state index >= 15 is 0 Å². The van der Waals surface area contributed by atoms with E-state index in [0.717, 1.165) is 12.8 Å². The summed E-state index contributed by atoms with van der Waals surface area (Å²) in [6.45, 7) is 3.55. The summed E-state index contributed by atoms with van der Waals surface area (Å²) >= 11 is 0. The van der Waals surface area contributed by atoms with Gasteiger partial charge in [0.1, 0.15) is 6.20 Å². The quantitative estimate of drug-likeness (QED) is 0.613. The molecule has 2 heterocycles. The van der Waals surface area contributed by atoms with Gasteiger partial charge in [-0.25, -0.2) is 4.98 Å². The Morgan fingerprint density at radius 2 is 2.47 bits per heavy atom. The molecule has 1 aromatic rings. The Labute approximate surface area is 110 Å². The summed E-state index contributed by atoms with van der Waals surface area (Å²) in [6.07, 6.45) is 2.25. The maximum Gasteiger partial charge on any atom is 0.329 e.